The van der Waals surface area contributed by atoms with Crippen molar-refractivity contribution in [3.8, 4) is 16.3 Å². The SMILES string of the molecule is Cc1cc(S)nnc1-c1cc(-n2ccnc2)cs1. The molecule has 4 nitrogen and oxygen atoms in total. The van der Waals surface area contributed by atoms with Crippen LogP contribution in [0.5, 0.6) is 0 Å². The number of aryl methyl sites for hydroxylation is 1. The third-order valence-corrected chi connectivity index (χ3v) is 3.74. The van der Waals surface area contributed by atoms with E-state index in [4.69, 9.17) is 0 Å². The number of thiophene rings is 1. The maximum absolute atomic E-state index is 4.20. The molecule has 3 rings (SSSR count). The van der Waals surface area contributed by atoms with Gasteiger partial charge in [-0.25, -0.2) is 4.98 Å². The Balaban J connectivity index is 2.03. The van der Waals surface area contributed by atoms with E-state index in [1.165, 1.54) is 0 Å². The Morgan fingerprint density at radius 2 is 2.17 bits per heavy atom. The highest BCUT2D eigenvalue weighted by atomic mass is 32.1. The lowest BCUT2D eigenvalue weighted by Gasteiger charge is -2.01. The minimum atomic E-state index is 0.641. The lowest BCUT2D eigenvalue weighted by atomic mass is 10.2. The molecule has 0 radical (unpaired) electrons. The molecule has 0 bridgehead atoms. The maximum atomic E-state index is 4.20. The summed E-state index contributed by atoms with van der Waals surface area (Å²) in [5.74, 6) is 0. The Hall–Kier alpha value is -1.66. The molecular weight excluding hydrogens is 264 g/mol. The fraction of sp³-hybridized carbons (Fsp3) is 0.0833. The molecule has 90 valence electrons. The molecule has 0 N–H and O–H groups in total. The first kappa shape index (κ1) is 11.4. The van der Waals surface area contributed by atoms with Gasteiger partial charge in [0, 0.05) is 17.8 Å². The highest BCUT2D eigenvalue weighted by Gasteiger charge is 2.09. The number of rotatable bonds is 2. The van der Waals surface area contributed by atoms with Gasteiger partial charge in [-0.15, -0.1) is 34.2 Å². The summed E-state index contributed by atoms with van der Waals surface area (Å²) in [7, 11) is 0. The summed E-state index contributed by atoms with van der Waals surface area (Å²) in [6, 6.07) is 4.00. The summed E-state index contributed by atoms with van der Waals surface area (Å²) < 4.78 is 1.97. The molecular formula is C12H10N4S2. The Bertz CT molecular complexity index is 673. The molecule has 3 aromatic heterocycles. The predicted molar refractivity (Wildman–Crippen MR) is 74.5 cm³/mol. The van der Waals surface area contributed by atoms with Crippen molar-refractivity contribution in [2.24, 2.45) is 0 Å². The molecule has 0 atom stereocenters. The van der Waals surface area contributed by atoms with Crippen LogP contribution in [0.4, 0.5) is 0 Å². The van der Waals surface area contributed by atoms with Crippen LogP contribution in [0.3, 0.4) is 0 Å². The lowest BCUT2D eigenvalue weighted by Crippen LogP contribution is -1.91. The lowest BCUT2D eigenvalue weighted by molar-refractivity contribution is 0.929. The van der Waals surface area contributed by atoms with E-state index in [0.29, 0.717) is 5.03 Å². The van der Waals surface area contributed by atoms with Crippen molar-refractivity contribution in [1.82, 2.24) is 19.7 Å². The third kappa shape index (κ3) is 2.04. The standard InChI is InChI=1S/C12H10N4S2/c1-8-4-11(17)14-15-12(8)10-5-9(6-18-10)16-3-2-13-7-16/h2-7H,1H3,(H,14,17). The molecule has 3 heterocycles. The normalized spacial score (nSPS) is 10.8. The molecule has 0 amide bonds. The minimum Gasteiger partial charge on any atom is -0.305 e. The van der Waals surface area contributed by atoms with Crippen LogP contribution in [0.15, 0.2) is 41.3 Å². The number of nitrogens with zero attached hydrogens (tertiary/aromatic N) is 4. The van der Waals surface area contributed by atoms with Gasteiger partial charge < -0.3 is 4.57 Å². The van der Waals surface area contributed by atoms with E-state index in [0.717, 1.165) is 21.8 Å². The fourth-order valence-corrected chi connectivity index (χ4v) is 2.89. The molecule has 0 aliphatic heterocycles. The Kier molecular flexibility index (Phi) is 2.89. The van der Waals surface area contributed by atoms with Gasteiger partial charge in [0.1, 0.15) is 10.7 Å². The highest BCUT2D eigenvalue weighted by molar-refractivity contribution is 7.80. The largest absolute Gasteiger partial charge is 0.305 e. The number of hydrogen-bond acceptors (Lipinski definition) is 5. The minimum absolute atomic E-state index is 0.641. The zero-order valence-corrected chi connectivity index (χ0v) is 11.3. The zero-order chi connectivity index (χ0) is 12.5. The summed E-state index contributed by atoms with van der Waals surface area (Å²) in [5, 5.41) is 10.9. The summed E-state index contributed by atoms with van der Waals surface area (Å²) in [4.78, 5) is 5.13. The third-order valence-electron chi connectivity index (χ3n) is 2.59. The van der Waals surface area contributed by atoms with E-state index in [2.05, 4.69) is 39.3 Å². The Morgan fingerprint density at radius 3 is 2.89 bits per heavy atom. The molecule has 0 fully saturated rings. The smallest absolute Gasteiger partial charge is 0.116 e. The van der Waals surface area contributed by atoms with Gasteiger partial charge in [0.15, 0.2) is 0 Å². The number of imidazole rings is 1. The van der Waals surface area contributed by atoms with E-state index in [9.17, 15) is 0 Å². The summed E-state index contributed by atoms with van der Waals surface area (Å²) >= 11 is 5.83. The molecule has 0 saturated carbocycles. The van der Waals surface area contributed by atoms with E-state index in [1.807, 2.05) is 23.8 Å². The second kappa shape index (κ2) is 4.55. The Labute approximate surface area is 114 Å². The van der Waals surface area contributed by atoms with Crippen LogP contribution in [0.1, 0.15) is 5.56 Å². The first-order chi connectivity index (χ1) is 8.74. The molecule has 3 aromatic rings. The van der Waals surface area contributed by atoms with Crippen molar-refractivity contribution in [1.29, 1.82) is 0 Å². The highest BCUT2D eigenvalue weighted by Crippen LogP contribution is 2.29. The number of aromatic nitrogens is 4. The second-order valence-corrected chi connectivity index (χ2v) is 5.24. The number of hydrogen-bond donors (Lipinski definition) is 1. The van der Waals surface area contributed by atoms with Gasteiger partial charge >= 0.3 is 0 Å². The van der Waals surface area contributed by atoms with Crippen molar-refractivity contribution in [2.45, 2.75) is 11.9 Å². The van der Waals surface area contributed by atoms with E-state index >= 15 is 0 Å². The van der Waals surface area contributed by atoms with Crippen LogP contribution in [-0.2, 0) is 0 Å². The van der Waals surface area contributed by atoms with E-state index in [1.54, 1.807) is 23.9 Å². The monoisotopic (exact) mass is 274 g/mol. The quantitative estimate of drug-likeness (QED) is 0.731. The molecule has 6 heteroatoms. The van der Waals surface area contributed by atoms with Crippen LogP contribution in [-0.4, -0.2) is 19.7 Å². The van der Waals surface area contributed by atoms with Crippen molar-refractivity contribution < 1.29 is 0 Å². The van der Waals surface area contributed by atoms with Gasteiger partial charge in [-0.2, -0.15) is 0 Å². The fourth-order valence-electron chi connectivity index (χ4n) is 1.71. The van der Waals surface area contributed by atoms with Gasteiger partial charge in [0.2, 0.25) is 0 Å². The second-order valence-electron chi connectivity index (χ2n) is 3.87. The van der Waals surface area contributed by atoms with Crippen LogP contribution < -0.4 is 0 Å². The van der Waals surface area contributed by atoms with E-state index < -0.39 is 0 Å². The first-order valence-corrected chi connectivity index (χ1v) is 6.67. The van der Waals surface area contributed by atoms with E-state index in [-0.39, 0.29) is 0 Å². The van der Waals surface area contributed by atoms with Crippen LogP contribution in [0, 0.1) is 6.92 Å². The zero-order valence-electron chi connectivity index (χ0n) is 9.61. The Morgan fingerprint density at radius 1 is 1.28 bits per heavy atom. The molecule has 0 spiro atoms. The average Bonchev–Trinajstić information content (AvgIpc) is 2.99. The van der Waals surface area contributed by atoms with Crippen molar-refractivity contribution in [2.75, 3.05) is 0 Å². The van der Waals surface area contributed by atoms with Crippen LogP contribution in [0.25, 0.3) is 16.3 Å². The van der Waals surface area contributed by atoms with Gasteiger partial charge in [0.05, 0.1) is 16.9 Å². The molecule has 0 saturated heterocycles. The summed E-state index contributed by atoms with van der Waals surface area (Å²) in [6.45, 7) is 2.01. The van der Waals surface area contributed by atoms with Crippen molar-refractivity contribution >= 4 is 24.0 Å². The van der Waals surface area contributed by atoms with Crippen LogP contribution in [0.2, 0.25) is 0 Å². The molecule has 0 unspecified atom stereocenters. The van der Waals surface area contributed by atoms with Gasteiger partial charge in [-0.05, 0) is 24.6 Å². The molecule has 0 aliphatic rings. The topological polar surface area (TPSA) is 43.6 Å². The van der Waals surface area contributed by atoms with Gasteiger partial charge in [-0.1, -0.05) is 0 Å². The summed E-state index contributed by atoms with van der Waals surface area (Å²) in [5.41, 5.74) is 3.07. The van der Waals surface area contributed by atoms with Crippen LogP contribution >= 0.6 is 24.0 Å². The molecule has 0 aromatic carbocycles. The molecule has 18 heavy (non-hydrogen) atoms. The van der Waals surface area contributed by atoms with Crippen molar-refractivity contribution in [3.05, 3.63) is 41.8 Å². The summed E-state index contributed by atoms with van der Waals surface area (Å²) in [6.07, 6.45) is 5.46. The van der Waals surface area contributed by atoms with Gasteiger partial charge in [0.25, 0.3) is 0 Å². The van der Waals surface area contributed by atoms with Gasteiger partial charge in [-0.3, -0.25) is 0 Å². The maximum Gasteiger partial charge on any atom is 0.116 e. The molecule has 0 aliphatic carbocycles. The van der Waals surface area contributed by atoms with Crippen molar-refractivity contribution in [3.63, 3.8) is 0 Å². The first-order valence-electron chi connectivity index (χ1n) is 5.34. The predicted octanol–water partition coefficient (Wildman–Crippen LogP) is 2.99. The average molecular weight is 274 g/mol. The number of thiol groups is 1.